The highest BCUT2D eigenvalue weighted by atomic mass is 16.6. The second kappa shape index (κ2) is 5.27. The number of hydrogen-bond donors (Lipinski definition) is 1. The molecule has 0 aliphatic rings. The number of anilines is 1. The van der Waals surface area contributed by atoms with Crippen LogP contribution in [0.15, 0.2) is 48.8 Å². The van der Waals surface area contributed by atoms with Gasteiger partial charge in [0.25, 0.3) is 5.69 Å². The molecule has 2 aromatic rings. The highest BCUT2D eigenvalue weighted by molar-refractivity contribution is 5.61. The number of aromatic nitrogens is 1. The number of nitro benzene ring substituents is 1. The Morgan fingerprint density at radius 2 is 1.89 bits per heavy atom. The average Bonchev–Trinajstić information content (AvgIpc) is 2.40. The highest BCUT2D eigenvalue weighted by Gasteiger charge is 2.14. The largest absolute Gasteiger partial charge is 0.373 e. The Hall–Kier alpha value is -2.43. The fourth-order valence-electron chi connectivity index (χ4n) is 1.72. The van der Waals surface area contributed by atoms with Crippen molar-refractivity contribution in [1.29, 1.82) is 0 Å². The molecule has 0 amide bonds. The van der Waals surface area contributed by atoms with E-state index in [1.807, 2.05) is 19.1 Å². The van der Waals surface area contributed by atoms with Crippen molar-refractivity contribution in [2.24, 2.45) is 0 Å². The first-order valence-corrected chi connectivity index (χ1v) is 5.58. The fraction of sp³-hybridized carbons (Fsp3) is 0.154. The number of nitrogens with zero attached hydrogens (tertiary/aromatic N) is 2. The number of nitrogens with one attached hydrogen (secondary N) is 1. The maximum Gasteiger partial charge on any atom is 0.292 e. The molecule has 1 N–H and O–H groups in total. The van der Waals surface area contributed by atoms with E-state index >= 15 is 0 Å². The molecule has 92 valence electrons. The van der Waals surface area contributed by atoms with E-state index in [1.165, 1.54) is 6.07 Å². The summed E-state index contributed by atoms with van der Waals surface area (Å²) in [4.78, 5) is 14.5. The first-order valence-electron chi connectivity index (χ1n) is 5.58. The van der Waals surface area contributed by atoms with Crippen molar-refractivity contribution in [2.75, 3.05) is 5.32 Å². The van der Waals surface area contributed by atoms with Crippen molar-refractivity contribution in [3.8, 4) is 0 Å². The summed E-state index contributed by atoms with van der Waals surface area (Å²) in [5.41, 5.74) is 1.63. The van der Waals surface area contributed by atoms with Crippen molar-refractivity contribution < 1.29 is 4.92 Å². The molecule has 1 atom stereocenters. The molecule has 0 bridgehead atoms. The zero-order valence-corrected chi connectivity index (χ0v) is 9.91. The van der Waals surface area contributed by atoms with Crippen LogP contribution in [-0.2, 0) is 0 Å². The maximum absolute atomic E-state index is 10.9. The van der Waals surface area contributed by atoms with Crippen molar-refractivity contribution >= 4 is 11.4 Å². The molecule has 1 heterocycles. The monoisotopic (exact) mass is 243 g/mol. The standard InChI is InChI=1S/C13H13N3O2/c1-10(11-6-8-14-9-7-11)15-12-4-2-3-5-13(12)16(17)18/h2-10,15H,1H3/t10-/m1/s1. The third-order valence-electron chi connectivity index (χ3n) is 2.68. The minimum atomic E-state index is -0.387. The first-order chi connectivity index (χ1) is 8.68. The summed E-state index contributed by atoms with van der Waals surface area (Å²) in [5.74, 6) is 0. The number of nitro groups is 1. The Morgan fingerprint density at radius 3 is 2.56 bits per heavy atom. The molecule has 1 aromatic carbocycles. The van der Waals surface area contributed by atoms with Gasteiger partial charge in [0.05, 0.1) is 4.92 Å². The Balaban J connectivity index is 2.22. The molecular formula is C13H13N3O2. The minimum absolute atomic E-state index is 0.0194. The van der Waals surface area contributed by atoms with Gasteiger partial charge in [-0.05, 0) is 30.7 Å². The van der Waals surface area contributed by atoms with Gasteiger partial charge in [0, 0.05) is 24.5 Å². The van der Waals surface area contributed by atoms with Crippen LogP contribution >= 0.6 is 0 Å². The summed E-state index contributed by atoms with van der Waals surface area (Å²) >= 11 is 0. The predicted octanol–water partition coefficient (Wildman–Crippen LogP) is 3.16. The van der Waals surface area contributed by atoms with Gasteiger partial charge in [-0.3, -0.25) is 15.1 Å². The van der Waals surface area contributed by atoms with Crippen molar-refractivity contribution in [3.05, 3.63) is 64.5 Å². The predicted molar refractivity (Wildman–Crippen MR) is 69.4 cm³/mol. The van der Waals surface area contributed by atoms with E-state index in [9.17, 15) is 10.1 Å². The van der Waals surface area contributed by atoms with Gasteiger partial charge in [0.1, 0.15) is 5.69 Å². The molecule has 0 spiro atoms. The summed E-state index contributed by atoms with van der Waals surface area (Å²) in [6.45, 7) is 1.95. The Labute approximate surface area is 105 Å². The van der Waals surface area contributed by atoms with Crippen LogP contribution in [0.4, 0.5) is 11.4 Å². The maximum atomic E-state index is 10.9. The van der Waals surface area contributed by atoms with E-state index in [0.29, 0.717) is 5.69 Å². The normalized spacial score (nSPS) is 11.8. The summed E-state index contributed by atoms with van der Waals surface area (Å²) in [5, 5.41) is 14.0. The molecule has 0 saturated heterocycles. The molecular weight excluding hydrogens is 230 g/mol. The second-order valence-electron chi connectivity index (χ2n) is 3.92. The first kappa shape index (κ1) is 12.0. The third-order valence-corrected chi connectivity index (χ3v) is 2.68. The van der Waals surface area contributed by atoms with Gasteiger partial charge in [-0.25, -0.2) is 0 Å². The van der Waals surface area contributed by atoms with Gasteiger partial charge in [-0.15, -0.1) is 0 Å². The van der Waals surface area contributed by atoms with Crippen LogP contribution < -0.4 is 5.32 Å². The lowest BCUT2D eigenvalue weighted by atomic mass is 10.1. The van der Waals surface area contributed by atoms with Crippen LogP contribution in [0.3, 0.4) is 0 Å². The molecule has 0 fully saturated rings. The second-order valence-corrected chi connectivity index (χ2v) is 3.92. The summed E-state index contributed by atoms with van der Waals surface area (Å²) in [6.07, 6.45) is 3.40. The van der Waals surface area contributed by atoms with Crippen LogP contribution in [0.2, 0.25) is 0 Å². The number of rotatable bonds is 4. The van der Waals surface area contributed by atoms with E-state index in [4.69, 9.17) is 0 Å². The molecule has 1 aromatic heterocycles. The molecule has 0 unspecified atom stereocenters. The minimum Gasteiger partial charge on any atom is -0.373 e. The average molecular weight is 243 g/mol. The molecule has 0 radical (unpaired) electrons. The van der Waals surface area contributed by atoms with E-state index in [1.54, 1.807) is 30.6 Å². The van der Waals surface area contributed by atoms with Gasteiger partial charge in [0.2, 0.25) is 0 Å². The van der Waals surface area contributed by atoms with E-state index < -0.39 is 0 Å². The zero-order valence-electron chi connectivity index (χ0n) is 9.91. The zero-order chi connectivity index (χ0) is 13.0. The third kappa shape index (κ3) is 2.63. The van der Waals surface area contributed by atoms with Crippen LogP contribution in [0.1, 0.15) is 18.5 Å². The lowest BCUT2D eigenvalue weighted by Gasteiger charge is -2.15. The lowest BCUT2D eigenvalue weighted by molar-refractivity contribution is -0.384. The van der Waals surface area contributed by atoms with E-state index in [2.05, 4.69) is 10.3 Å². The fourth-order valence-corrected chi connectivity index (χ4v) is 1.72. The smallest absolute Gasteiger partial charge is 0.292 e. The quantitative estimate of drug-likeness (QED) is 0.661. The summed E-state index contributed by atoms with van der Waals surface area (Å²) in [6, 6.07) is 10.4. The van der Waals surface area contributed by atoms with E-state index in [0.717, 1.165) is 5.56 Å². The lowest BCUT2D eigenvalue weighted by Crippen LogP contribution is -2.08. The van der Waals surface area contributed by atoms with Crippen LogP contribution in [0.5, 0.6) is 0 Å². The van der Waals surface area contributed by atoms with Gasteiger partial charge in [0.15, 0.2) is 0 Å². The molecule has 0 aliphatic heterocycles. The molecule has 0 aliphatic carbocycles. The number of benzene rings is 1. The van der Waals surface area contributed by atoms with Gasteiger partial charge < -0.3 is 5.32 Å². The summed E-state index contributed by atoms with van der Waals surface area (Å²) < 4.78 is 0. The van der Waals surface area contributed by atoms with Crippen LogP contribution in [0.25, 0.3) is 0 Å². The van der Waals surface area contributed by atoms with Crippen molar-refractivity contribution in [2.45, 2.75) is 13.0 Å². The topological polar surface area (TPSA) is 68.1 Å². The van der Waals surface area contributed by atoms with Crippen molar-refractivity contribution in [1.82, 2.24) is 4.98 Å². The number of hydrogen-bond acceptors (Lipinski definition) is 4. The van der Waals surface area contributed by atoms with Gasteiger partial charge >= 0.3 is 0 Å². The number of para-hydroxylation sites is 2. The SMILES string of the molecule is C[C@@H](Nc1ccccc1[N+](=O)[O-])c1ccncc1. The molecule has 0 saturated carbocycles. The molecule has 18 heavy (non-hydrogen) atoms. The molecule has 5 nitrogen and oxygen atoms in total. The highest BCUT2D eigenvalue weighted by Crippen LogP contribution is 2.27. The number of pyridine rings is 1. The Bertz CT molecular complexity index is 543. The Kier molecular flexibility index (Phi) is 3.52. The van der Waals surface area contributed by atoms with Crippen molar-refractivity contribution in [3.63, 3.8) is 0 Å². The van der Waals surface area contributed by atoms with Crippen LogP contribution in [-0.4, -0.2) is 9.91 Å². The summed E-state index contributed by atoms with van der Waals surface area (Å²) in [7, 11) is 0. The van der Waals surface area contributed by atoms with E-state index in [-0.39, 0.29) is 16.7 Å². The molecule has 5 heteroatoms. The van der Waals surface area contributed by atoms with Gasteiger partial charge in [-0.2, -0.15) is 0 Å². The molecule has 2 rings (SSSR count). The Morgan fingerprint density at radius 1 is 1.22 bits per heavy atom. The van der Waals surface area contributed by atoms with Gasteiger partial charge in [-0.1, -0.05) is 12.1 Å². The van der Waals surface area contributed by atoms with Crippen LogP contribution in [0, 0.1) is 10.1 Å².